The fourth-order valence-electron chi connectivity index (χ4n) is 2.81. The normalized spacial score (nSPS) is 11.0. The van der Waals surface area contributed by atoms with Crippen molar-refractivity contribution in [3.63, 3.8) is 0 Å². The van der Waals surface area contributed by atoms with Gasteiger partial charge in [-0.15, -0.1) is 11.3 Å². The summed E-state index contributed by atoms with van der Waals surface area (Å²) in [7, 11) is 1.85. The molecule has 3 heterocycles. The summed E-state index contributed by atoms with van der Waals surface area (Å²) >= 11 is 1.48. The number of thiazole rings is 1. The molecule has 0 aliphatic heterocycles. The van der Waals surface area contributed by atoms with Gasteiger partial charge in [-0.2, -0.15) is 5.10 Å². The minimum atomic E-state index is -0.346. The van der Waals surface area contributed by atoms with E-state index < -0.39 is 0 Å². The highest BCUT2D eigenvalue weighted by atomic mass is 32.1. The maximum absolute atomic E-state index is 13.8. The molecule has 8 heteroatoms. The van der Waals surface area contributed by atoms with E-state index in [1.165, 1.54) is 17.4 Å². The molecule has 0 radical (unpaired) electrons. The Labute approximate surface area is 170 Å². The fourth-order valence-corrected chi connectivity index (χ4v) is 3.59. The van der Waals surface area contributed by atoms with Crippen molar-refractivity contribution in [1.29, 1.82) is 0 Å². The maximum atomic E-state index is 13.8. The van der Waals surface area contributed by atoms with Crippen LogP contribution in [0.4, 0.5) is 4.39 Å². The van der Waals surface area contributed by atoms with Crippen LogP contribution in [0, 0.1) is 5.82 Å². The number of esters is 1. The van der Waals surface area contributed by atoms with Crippen LogP contribution in [0.2, 0.25) is 0 Å². The van der Waals surface area contributed by atoms with Crippen molar-refractivity contribution in [2.75, 3.05) is 0 Å². The highest BCUT2D eigenvalue weighted by Crippen LogP contribution is 2.26. The van der Waals surface area contributed by atoms with Crippen LogP contribution in [0.15, 0.2) is 58.6 Å². The van der Waals surface area contributed by atoms with Gasteiger partial charge in [-0.3, -0.25) is 9.48 Å². The molecule has 6 nitrogen and oxygen atoms in total. The van der Waals surface area contributed by atoms with Crippen molar-refractivity contribution in [2.45, 2.75) is 19.4 Å². The first-order valence-electron chi connectivity index (χ1n) is 9.01. The summed E-state index contributed by atoms with van der Waals surface area (Å²) in [4.78, 5) is 16.5. The summed E-state index contributed by atoms with van der Waals surface area (Å²) in [5.41, 5.74) is 2.02. The Kier molecular flexibility index (Phi) is 5.53. The van der Waals surface area contributed by atoms with Crippen molar-refractivity contribution >= 4 is 17.3 Å². The molecule has 0 unspecified atom stereocenters. The topological polar surface area (TPSA) is 70.2 Å². The molecule has 1 aromatic carbocycles. The first kappa shape index (κ1) is 19.1. The quantitative estimate of drug-likeness (QED) is 0.415. The number of ether oxygens (including phenoxy) is 1. The molecule has 0 N–H and O–H groups in total. The first-order chi connectivity index (χ1) is 14.1. The van der Waals surface area contributed by atoms with Crippen molar-refractivity contribution in [3.8, 4) is 21.9 Å². The van der Waals surface area contributed by atoms with Crippen LogP contribution in [0.5, 0.6) is 0 Å². The molecule has 0 atom stereocenters. The zero-order valence-corrected chi connectivity index (χ0v) is 16.5. The lowest BCUT2D eigenvalue weighted by atomic mass is 10.1. The summed E-state index contributed by atoms with van der Waals surface area (Å²) < 4.78 is 26.5. The standard InChI is InChI=1S/C21H18FN3O3S/c1-25-11-14(10-23-25)21-24-15(13-29-21)12-27-20(26)9-7-16-6-8-19(28-16)17-4-2-3-5-18(17)22/h2-6,8,10-11,13H,7,9,12H2,1H3. The van der Waals surface area contributed by atoms with E-state index in [4.69, 9.17) is 9.15 Å². The molecule has 0 aliphatic carbocycles. The monoisotopic (exact) mass is 411 g/mol. The van der Waals surface area contributed by atoms with Gasteiger partial charge in [0.2, 0.25) is 0 Å². The number of carbonyl (C=O) groups is 1. The highest BCUT2D eigenvalue weighted by Gasteiger charge is 2.12. The lowest BCUT2D eigenvalue weighted by Gasteiger charge is -2.02. The van der Waals surface area contributed by atoms with Gasteiger partial charge in [-0.1, -0.05) is 12.1 Å². The van der Waals surface area contributed by atoms with E-state index in [-0.39, 0.29) is 24.8 Å². The van der Waals surface area contributed by atoms with Crippen LogP contribution in [0.1, 0.15) is 17.9 Å². The third kappa shape index (κ3) is 4.60. The molecular formula is C21H18FN3O3S. The van der Waals surface area contributed by atoms with Crippen molar-refractivity contribution in [2.24, 2.45) is 7.05 Å². The Bertz CT molecular complexity index is 1130. The van der Waals surface area contributed by atoms with E-state index in [0.717, 1.165) is 10.6 Å². The molecule has 3 aromatic heterocycles. The summed E-state index contributed by atoms with van der Waals surface area (Å²) in [6.45, 7) is 0.119. The van der Waals surface area contributed by atoms with E-state index in [1.807, 2.05) is 18.6 Å². The third-order valence-corrected chi connectivity index (χ3v) is 5.20. The molecule has 0 saturated carbocycles. The Morgan fingerprint density at radius 2 is 2.14 bits per heavy atom. The van der Waals surface area contributed by atoms with Gasteiger partial charge in [-0.25, -0.2) is 9.37 Å². The lowest BCUT2D eigenvalue weighted by molar-refractivity contribution is -0.145. The van der Waals surface area contributed by atoms with Gasteiger partial charge in [0.25, 0.3) is 0 Å². The van der Waals surface area contributed by atoms with Crippen LogP contribution in [-0.2, 0) is 29.6 Å². The van der Waals surface area contributed by atoms with Gasteiger partial charge in [-0.05, 0) is 24.3 Å². The molecule has 0 amide bonds. The predicted octanol–water partition coefficient (Wildman–Crippen LogP) is 4.62. The average Bonchev–Trinajstić information content (AvgIpc) is 3.46. The number of benzene rings is 1. The smallest absolute Gasteiger partial charge is 0.306 e. The van der Waals surface area contributed by atoms with E-state index in [2.05, 4.69) is 10.1 Å². The number of furan rings is 1. The van der Waals surface area contributed by atoms with Crippen LogP contribution in [0.25, 0.3) is 21.9 Å². The minimum Gasteiger partial charge on any atom is -0.461 e. The lowest BCUT2D eigenvalue weighted by Crippen LogP contribution is -2.05. The van der Waals surface area contributed by atoms with Crippen LogP contribution in [0.3, 0.4) is 0 Å². The van der Waals surface area contributed by atoms with Gasteiger partial charge in [0, 0.05) is 30.6 Å². The summed E-state index contributed by atoms with van der Waals surface area (Å²) in [5, 5.41) is 6.82. The first-order valence-corrected chi connectivity index (χ1v) is 9.89. The Hall–Kier alpha value is -3.26. The second-order valence-electron chi connectivity index (χ2n) is 6.45. The molecule has 4 aromatic rings. The molecule has 0 spiro atoms. The zero-order chi connectivity index (χ0) is 20.2. The van der Waals surface area contributed by atoms with Crippen molar-refractivity contribution < 1.29 is 18.3 Å². The average molecular weight is 411 g/mol. The van der Waals surface area contributed by atoms with Gasteiger partial charge in [0.15, 0.2) is 0 Å². The van der Waals surface area contributed by atoms with E-state index in [9.17, 15) is 9.18 Å². The number of hydrogen-bond donors (Lipinski definition) is 0. The van der Waals surface area contributed by atoms with Crippen molar-refractivity contribution in [1.82, 2.24) is 14.8 Å². The summed E-state index contributed by atoms with van der Waals surface area (Å²) in [6, 6.07) is 9.85. The number of carbonyl (C=O) groups excluding carboxylic acids is 1. The second-order valence-corrected chi connectivity index (χ2v) is 7.31. The zero-order valence-electron chi connectivity index (χ0n) is 15.7. The molecule has 0 saturated heterocycles. The maximum Gasteiger partial charge on any atom is 0.306 e. The van der Waals surface area contributed by atoms with Crippen LogP contribution in [-0.4, -0.2) is 20.7 Å². The Morgan fingerprint density at radius 3 is 2.93 bits per heavy atom. The molecule has 0 fully saturated rings. The number of nitrogens with zero attached hydrogens (tertiary/aromatic N) is 3. The van der Waals surface area contributed by atoms with Crippen molar-refractivity contribution in [3.05, 3.63) is 71.4 Å². The third-order valence-electron chi connectivity index (χ3n) is 4.26. The molecule has 148 valence electrons. The summed E-state index contributed by atoms with van der Waals surface area (Å²) in [5.74, 6) is 0.357. The number of halogens is 1. The van der Waals surface area contributed by atoms with Crippen LogP contribution < -0.4 is 0 Å². The molecule has 29 heavy (non-hydrogen) atoms. The SMILES string of the molecule is Cn1cc(-c2nc(COC(=O)CCc3ccc(-c4ccccc4F)o3)cs2)cn1. The van der Waals surface area contributed by atoms with Gasteiger partial charge in [0.1, 0.15) is 29.0 Å². The number of aromatic nitrogens is 3. The fraction of sp³-hybridized carbons (Fsp3) is 0.190. The van der Waals surface area contributed by atoms with Crippen LogP contribution >= 0.6 is 11.3 Å². The largest absolute Gasteiger partial charge is 0.461 e. The number of hydrogen-bond acceptors (Lipinski definition) is 6. The van der Waals surface area contributed by atoms with E-state index in [1.54, 1.807) is 41.2 Å². The predicted molar refractivity (Wildman–Crippen MR) is 107 cm³/mol. The molecule has 4 rings (SSSR count). The molecule has 0 aliphatic rings. The second kappa shape index (κ2) is 8.40. The summed E-state index contributed by atoms with van der Waals surface area (Å²) in [6.07, 6.45) is 4.18. The van der Waals surface area contributed by atoms with Gasteiger partial charge < -0.3 is 9.15 Å². The molecule has 0 bridgehead atoms. The van der Waals surface area contributed by atoms with E-state index >= 15 is 0 Å². The number of aryl methyl sites for hydroxylation is 2. The van der Waals surface area contributed by atoms with E-state index in [0.29, 0.717) is 29.2 Å². The molecular weight excluding hydrogens is 393 g/mol. The Balaban J connectivity index is 1.28. The minimum absolute atomic E-state index is 0.119. The van der Waals surface area contributed by atoms with Gasteiger partial charge >= 0.3 is 5.97 Å². The Morgan fingerprint density at radius 1 is 1.28 bits per heavy atom. The van der Waals surface area contributed by atoms with Gasteiger partial charge in [0.05, 0.1) is 23.9 Å². The number of rotatable bonds is 7. The highest BCUT2D eigenvalue weighted by molar-refractivity contribution is 7.13.